The molecule has 0 heterocycles. The predicted molar refractivity (Wildman–Crippen MR) is 76.4 cm³/mol. The standard InChI is InChI=1S/C14H18N2OS/c1-13(2,11(15)18)16-12(17)14(8-9-14)10-6-4-3-5-7-10/h3-7H,8-9H2,1-2H3,(H2,15,18)(H,16,17). The summed E-state index contributed by atoms with van der Waals surface area (Å²) in [5, 5.41) is 2.95. The van der Waals surface area contributed by atoms with Gasteiger partial charge in [-0.15, -0.1) is 0 Å². The summed E-state index contributed by atoms with van der Waals surface area (Å²) in [5.74, 6) is 0.0199. The molecule has 1 fully saturated rings. The maximum absolute atomic E-state index is 12.4. The van der Waals surface area contributed by atoms with Crippen LogP contribution in [0.25, 0.3) is 0 Å². The number of nitrogens with two attached hydrogens (primary N) is 1. The van der Waals surface area contributed by atoms with Gasteiger partial charge in [0.15, 0.2) is 0 Å². The molecule has 18 heavy (non-hydrogen) atoms. The summed E-state index contributed by atoms with van der Waals surface area (Å²) < 4.78 is 0. The van der Waals surface area contributed by atoms with Crippen LogP contribution in [0.2, 0.25) is 0 Å². The van der Waals surface area contributed by atoms with E-state index in [1.165, 1.54) is 0 Å². The topological polar surface area (TPSA) is 55.1 Å². The van der Waals surface area contributed by atoms with Crippen molar-refractivity contribution in [2.45, 2.75) is 37.6 Å². The van der Waals surface area contributed by atoms with Crippen LogP contribution in [0.5, 0.6) is 0 Å². The van der Waals surface area contributed by atoms with Gasteiger partial charge in [-0.1, -0.05) is 42.5 Å². The minimum absolute atomic E-state index is 0.0199. The van der Waals surface area contributed by atoms with Gasteiger partial charge in [0.05, 0.1) is 15.9 Å². The van der Waals surface area contributed by atoms with Crippen LogP contribution in [-0.4, -0.2) is 16.4 Å². The summed E-state index contributed by atoms with van der Waals surface area (Å²) in [6.45, 7) is 3.66. The molecule has 1 aromatic rings. The van der Waals surface area contributed by atoms with Crippen LogP contribution >= 0.6 is 12.2 Å². The highest BCUT2D eigenvalue weighted by Crippen LogP contribution is 2.48. The Balaban J connectivity index is 2.18. The molecule has 1 aliphatic carbocycles. The number of carbonyl (C=O) groups excluding carboxylic acids is 1. The number of hydrogen-bond donors (Lipinski definition) is 2. The van der Waals surface area contributed by atoms with Gasteiger partial charge in [-0.05, 0) is 32.3 Å². The second-order valence-corrected chi connectivity index (χ2v) is 5.83. The first-order valence-corrected chi connectivity index (χ1v) is 6.47. The third-order valence-electron chi connectivity index (χ3n) is 3.55. The Bertz CT molecular complexity index is 478. The summed E-state index contributed by atoms with van der Waals surface area (Å²) in [6, 6.07) is 9.87. The lowest BCUT2D eigenvalue weighted by Crippen LogP contribution is -2.54. The molecule has 0 bridgehead atoms. The number of carbonyl (C=O) groups is 1. The Morgan fingerprint density at radius 2 is 1.89 bits per heavy atom. The number of hydrogen-bond acceptors (Lipinski definition) is 2. The van der Waals surface area contributed by atoms with Crippen molar-refractivity contribution in [2.75, 3.05) is 0 Å². The van der Waals surface area contributed by atoms with Crippen LogP contribution in [0, 0.1) is 0 Å². The molecule has 0 atom stereocenters. The lowest BCUT2D eigenvalue weighted by Gasteiger charge is -2.27. The Morgan fingerprint density at radius 3 is 2.33 bits per heavy atom. The van der Waals surface area contributed by atoms with Gasteiger partial charge < -0.3 is 11.1 Å². The van der Waals surface area contributed by atoms with Crippen molar-refractivity contribution < 1.29 is 4.79 Å². The molecule has 0 unspecified atom stereocenters. The van der Waals surface area contributed by atoms with E-state index in [9.17, 15) is 4.79 Å². The molecular formula is C14H18N2OS. The third kappa shape index (κ3) is 2.25. The molecule has 96 valence electrons. The zero-order valence-electron chi connectivity index (χ0n) is 10.7. The van der Waals surface area contributed by atoms with Crippen LogP contribution in [0.4, 0.5) is 0 Å². The Morgan fingerprint density at radius 1 is 1.33 bits per heavy atom. The fourth-order valence-electron chi connectivity index (χ4n) is 1.99. The van der Waals surface area contributed by atoms with Crippen molar-refractivity contribution in [3.8, 4) is 0 Å². The molecule has 0 aromatic heterocycles. The van der Waals surface area contributed by atoms with Crippen molar-refractivity contribution in [1.29, 1.82) is 0 Å². The second-order valence-electron chi connectivity index (χ2n) is 5.39. The summed E-state index contributed by atoms with van der Waals surface area (Å²) in [6.07, 6.45) is 1.77. The molecule has 0 saturated heterocycles. The largest absolute Gasteiger partial charge is 0.391 e. The predicted octanol–water partition coefficient (Wildman–Crippen LogP) is 1.90. The first kappa shape index (κ1) is 13.0. The summed E-state index contributed by atoms with van der Waals surface area (Å²) in [7, 11) is 0. The summed E-state index contributed by atoms with van der Waals surface area (Å²) >= 11 is 4.97. The van der Waals surface area contributed by atoms with E-state index in [1.54, 1.807) is 0 Å². The Labute approximate surface area is 113 Å². The van der Waals surface area contributed by atoms with Gasteiger partial charge in [-0.3, -0.25) is 4.79 Å². The quantitative estimate of drug-likeness (QED) is 0.815. The number of thiocarbonyl (C=S) groups is 1. The third-order valence-corrected chi connectivity index (χ3v) is 4.06. The normalized spacial score (nSPS) is 17.0. The fraction of sp³-hybridized carbons (Fsp3) is 0.429. The zero-order chi connectivity index (χ0) is 13.4. The first-order valence-electron chi connectivity index (χ1n) is 6.06. The zero-order valence-corrected chi connectivity index (χ0v) is 11.5. The molecular weight excluding hydrogens is 244 g/mol. The van der Waals surface area contributed by atoms with E-state index in [-0.39, 0.29) is 11.3 Å². The van der Waals surface area contributed by atoms with Crippen LogP contribution in [-0.2, 0) is 10.2 Å². The Kier molecular flexibility index (Phi) is 3.15. The first-order chi connectivity index (χ1) is 8.38. The van der Waals surface area contributed by atoms with Gasteiger partial charge in [0.1, 0.15) is 0 Å². The van der Waals surface area contributed by atoms with E-state index in [2.05, 4.69) is 5.32 Å². The van der Waals surface area contributed by atoms with Crippen molar-refractivity contribution in [2.24, 2.45) is 5.73 Å². The number of rotatable bonds is 4. The molecule has 3 nitrogen and oxygen atoms in total. The molecule has 4 heteroatoms. The van der Waals surface area contributed by atoms with Crippen molar-refractivity contribution in [3.63, 3.8) is 0 Å². The van der Waals surface area contributed by atoms with E-state index in [0.29, 0.717) is 4.99 Å². The van der Waals surface area contributed by atoms with Crippen LogP contribution < -0.4 is 11.1 Å². The molecule has 0 spiro atoms. The summed E-state index contributed by atoms with van der Waals surface area (Å²) in [4.78, 5) is 12.7. The van der Waals surface area contributed by atoms with Crippen LogP contribution in [0.1, 0.15) is 32.3 Å². The molecule has 1 aliphatic rings. The van der Waals surface area contributed by atoms with Crippen molar-refractivity contribution in [1.82, 2.24) is 5.32 Å². The van der Waals surface area contributed by atoms with E-state index in [4.69, 9.17) is 18.0 Å². The molecule has 2 rings (SSSR count). The van der Waals surface area contributed by atoms with E-state index >= 15 is 0 Å². The lowest BCUT2D eigenvalue weighted by molar-refractivity contribution is -0.124. The molecule has 0 aliphatic heterocycles. The highest BCUT2D eigenvalue weighted by molar-refractivity contribution is 7.80. The molecule has 1 aromatic carbocycles. The van der Waals surface area contributed by atoms with Crippen molar-refractivity contribution in [3.05, 3.63) is 35.9 Å². The fourth-order valence-corrected chi connectivity index (χ4v) is 2.05. The molecule has 3 N–H and O–H groups in total. The SMILES string of the molecule is CC(C)(NC(=O)C1(c2ccccc2)CC1)C(N)=S. The summed E-state index contributed by atoms with van der Waals surface area (Å²) in [5.41, 5.74) is 5.69. The average molecular weight is 262 g/mol. The highest BCUT2D eigenvalue weighted by atomic mass is 32.1. The maximum atomic E-state index is 12.4. The molecule has 0 radical (unpaired) electrons. The van der Waals surface area contributed by atoms with Crippen LogP contribution in [0.3, 0.4) is 0 Å². The van der Waals surface area contributed by atoms with Gasteiger partial charge in [0, 0.05) is 0 Å². The highest BCUT2D eigenvalue weighted by Gasteiger charge is 2.52. The number of amides is 1. The van der Waals surface area contributed by atoms with Gasteiger partial charge in [0.2, 0.25) is 5.91 Å². The van der Waals surface area contributed by atoms with E-state index in [1.807, 2.05) is 44.2 Å². The van der Waals surface area contributed by atoms with E-state index in [0.717, 1.165) is 18.4 Å². The van der Waals surface area contributed by atoms with Gasteiger partial charge >= 0.3 is 0 Å². The molecule has 1 saturated carbocycles. The van der Waals surface area contributed by atoms with E-state index < -0.39 is 5.54 Å². The van der Waals surface area contributed by atoms with Gasteiger partial charge in [-0.25, -0.2) is 0 Å². The smallest absolute Gasteiger partial charge is 0.231 e. The monoisotopic (exact) mass is 262 g/mol. The van der Waals surface area contributed by atoms with Gasteiger partial charge in [-0.2, -0.15) is 0 Å². The lowest BCUT2D eigenvalue weighted by atomic mass is 9.93. The minimum atomic E-state index is -0.642. The number of benzene rings is 1. The van der Waals surface area contributed by atoms with Crippen molar-refractivity contribution >= 4 is 23.1 Å². The Hall–Kier alpha value is -1.42. The average Bonchev–Trinajstić information content (AvgIpc) is 3.10. The second kappa shape index (κ2) is 4.35. The number of nitrogens with one attached hydrogen (secondary N) is 1. The van der Waals surface area contributed by atoms with Crippen LogP contribution in [0.15, 0.2) is 30.3 Å². The molecule has 1 amide bonds. The maximum Gasteiger partial charge on any atom is 0.231 e. The minimum Gasteiger partial charge on any atom is -0.391 e. The van der Waals surface area contributed by atoms with Gasteiger partial charge in [0.25, 0.3) is 0 Å².